The fourth-order valence-corrected chi connectivity index (χ4v) is 1.49. The summed E-state index contributed by atoms with van der Waals surface area (Å²) in [6, 6.07) is 9.93. The van der Waals surface area contributed by atoms with Crippen LogP contribution in [0.1, 0.15) is 25.3 Å². The molecule has 1 N–H and O–H groups in total. The Hall–Kier alpha value is -1.26. The van der Waals surface area contributed by atoms with Crippen LogP contribution in [0.5, 0.6) is 0 Å². The van der Waals surface area contributed by atoms with Gasteiger partial charge in [0.2, 0.25) is 0 Å². The van der Waals surface area contributed by atoms with Gasteiger partial charge in [-0.25, -0.2) is 0 Å². The fraction of sp³-hybridized carbons (Fsp3) is 0.385. The van der Waals surface area contributed by atoms with Gasteiger partial charge in [-0.2, -0.15) is 0 Å². The van der Waals surface area contributed by atoms with E-state index in [1.807, 2.05) is 44.2 Å². The van der Waals surface area contributed by atoms with E-state index in [0.717, 1.165) is 5.56 Å². The Kier molecular flexibility index (Phi) is 3.73. The maximum Gasteiger partial charge on any atom is 0.0740 e. The number of hydrogen-bond acceptors (Lipinski definition) is 1. The number of hydrogen-bond donors (Lipinski definition) is 1. The Bertz CT molecular complexity index is 310. The number of aliphatic hydroxyl groups excluding tert-OH is 1. The summed E-state index contributed by atoms with van der Waals surface area (Å²) in [4.78, 5) is 0. The molecule has 0 fully saturated rings. The largest absolute Gasteiger partial charge is 0.391 e. The fourth-order valence-electron chi connectivity index (χ4n) is 1.49. The van der Waals surface area contributed by atoms with E-state index in [1.54, 1.807) is 0 Å². The molecule has 3 atom stereocenters. The molecule has 0 saturated carbocycles. The first-order valence-corrected chi connectivity index (χ1v) is 4.86. The summed E-state index contributed by atoms with van der Waals surface area (Å²) in [5.41, 5.74) is 1.13. The first-order chi connectivity index (χ1) is 6.66. The lowest BCUT2D eigenvalue weighted by atomic mass is 9.88. The number of terminal acetylenes is 1. The molecule has 1 aromatic carbocycles. The lowest BCUT2D eigenvalue weighted by molar-refractivity contribution is 0.117. The van der Waals surface area contributed by atoms with E-state index < -0.39 is 6.10 Å². The Labute approximate surface area is 85.8 Å². The highest BCUT2D eigenvalue weighted by atomic mass is 16.3. The quantitative estimate of drug-likeness (QED) is 0.722. The maximum atomic E-state index is 9.90. The van der Waals surface area contributed by atoms with E-state index in [9.17, 15) is 5.11 Å². The molecule has 0 saturated heterocycles. The summed E-state index contributed by atoms with van der Waals surface area (Å²) >= 11 is 0. The van der Waals surface area contributed by atoms with Crippen LogP contribution in [0.25, 0.3) is 0 Å². The van der Waals surface area contributed by atoms with Crippen LogP contribution in [0.15, 0.2) is 30.3 Å². The molecular formula is C13H16O. The van der Waals surface area contributed by atoms with Gasteiger partial charge in [0.25, 0.3) is 0 Å². The van der Waals surface area contributed by atoms with Crippen molar-refractivity contribution in [2.75, 3.05) is 0 Å². The van der Waals surface area contributed by atoms with Gasteiger partial charge >= 0.3 is 0 Å². The van der Waals surface area contributed by atoms with Crippen LogP contribution >= 0.6 is 0 Å². The van der Waals surface area contributed by atoms with Gasteiger partial charge in [-0.15, -0.1) is 12.3 Å². The van der Waals surface area contributed by atoms with E-state index in [-0.39, 0.29) is 11.8 Å². The van der Waals surface area contributed by atoms with E-state index in [2.05, 4.69) is 5.92 Å². The molecule has 0 aliphatic carbocycles. The Morgan fingerprint density at radius 1 is 1.21 bits per heavy atom. The van der Waals surface area contributed by atoms with Gasteiger partial charge in [0, 0.05) is 11.8 Å². The summed E-state index contributed by atoms with van der Waals surface area (Å²) in [7, 11) is 0. The molecule has 0 spiro atoms. The van der Waals surface area contributed by atoms with Crippen molar-refractivity contribution >= 4 is 0 Å². The summed E-state index contributed by atoms with van der Waals surface area (Å²) in [6.07, 6.45) is 4.81. The van der Waals surface area contributed by atoms with Crippen molar-refractivity contribution in [3.63, 3.8) is 0 Å². The first-order valence-electron chi connectivity index (χ1n) is 4.86. The van der Waals surface area contributed by atoms with Crippen LogP contribution in [0.3, 0.4) is 0 Å². The van der Waals surface area contributed by atoms with Gasteiger partial charge in [-0.3, -0.25) is 0 Å². The van der Waals surface area contributed by atoms with Gasteiger partial charge < -0.3 is 5.11 Å². The predicted molar refractivity (Wildman–Crippen MR) is 58.9 cm³/mol. The molecule has 0 amide bonds. The zero-order chi connectivity index (χ0) is 10.6. The van der Waals surface area contributed by atoms with E-state index in [4.69, 9.17) is 6.42 Å². The van der Waals surface area contributed by atoms with Crippen molar-refractivity contribution in [2.45, 2.75) is 25.9 Å². The summed E-state index contributed by atoms with van der Waals surface area (Å²) in [5.74, 6) is 2.54. The van der Waals surface area contributed by atoms with Crippen molar-refractivity contribution in [3.05, 3.63) is 35.9 Å². The molecule has 0 heterocycles. The highest BCUT2D eigenvalue weighted by Gasteiger charge is 2.20. The van der Waals surface area contributed by atoms with Crippen LogP contribution in [0.4, 0.5) is 0 Å². The second-order valence-electron chi connectivity index (χ2n) is 3.65. The molecule has 1 nitrogen and oxygen atoms in total. The maximum absolute atomic E-state index is 9.90. The van der Waals surface area contributed by atoms with E-state index in [1.165, 1.54) is 0 Å². The van der Waals surface area contributed by atoms with Gasteiger partial charge in [0.1, 0.15) is 0 Å². The van der Waals surface area contributed by atoms with Crippen molar-refractivity contribution in [3.8, 4) is 12.3 Å². The summed E-state index contributed by atoms with van der Waals surface area (Å²) in [6.45, 7) is 3.86. The standard InChI is InChI=1S/C13H16O/c1-4-10(2)13(14)11(3)12-8-6-5-7-9-12/h1,5-11,13-14H,2-3H3/t10-,11+,13-/m1/s1. The highest BCUT2D eigenvalue weighted by Crippen LogP contribution is 2.23. The van der Waals surface area contributed by atoms with Gasteiger partial charge in [-0.05, 0) is 12.5 Å². The minimum atomic E-state index is -0.470. The van der Waals surface area contributed by atoms with Gasteiger partial charge in [-0.1, -0.05) is 37.3 Å². The van der Waals surface area contributed by atoms with Crippen molar-refractivity contribution in [2.24, 2.45) is 5.92 Å². The Balaban J connectivity index is 2.76. The predicted octanol–water partition coefficient (Wildman–Crippen LogP) is 2.42. The van der Waals surface area contributed by atoms with Crippen LogP contribution in [0, 0.1) is 18.3 Å². The SMILES string of the molecule is C#C[C@@H](C)[C@@H](O)[C@@H](C)c1ccccc1. The first kappa shape index (κ1) is 10.8. The van der Waals surface area contributed by atoms with Crippen LogP contribution in [0.2, 0.25) is 0 Å². The molecule has 0 aromatic heterocycles. The average Bonchev–Trinajstić information content (AvgIpc) is 2.27. The van der Waals surface area contributed by atoms with Crippen molar-refractivity contribution in [1.29, 1.82) is 0 Å². The van der Waals surface area contributed by atoms with Crippen LogP contribution in [-0.4, -0.2) is 11.2 Å². The zero-order valence-electron chi connectivity index (χ0n) is 8.64. The van der Waals surface area contributed by atoms with Gasteiger partial charge in [0.15, 0.2) is 0 Å². The second kappa shape index (κ2) is 4.83. The summed E-state index contributed by atoms with van der Waals surface area (Å²) < 4.78 is 0. The minimum Gasteiger partial charge on any atom is -0.391 e. The number of rotatable bonds is 3. The zero-order valence-corrected chi connectivity index (χ0v) is 8.64. The van der Waals surface area contributed by atoms with E-state index >= 15 is 0 Å². The molecule has 0 radical (unpaired) electrons. The van der Waals surface area contributed by atoms with Crippen molar-refractivity contribution < 1.29 is 5.11 Å². The third-order valence-electron chi connectivity index (χ3n) is 2.61. The monoisotopic (exact) mass is 188 g/mol. The van der Waals surface area contributed by atoms with Crippen molar-refractivity contribution in [1.82, 2.24) is 0 Å². The lowest BCUT2D eigenvalue weighted by Crippen LogP contribution is -2.22. The molecule has 0 bridgehead atoms. The van der Waals surface area contributed by atoms with Crippen LogP contribution < -0.4 is 0 Å². The molecule has 74 valence electrons. The van der Waals surface area contributed by atoms with Gasteiger partial charge in [0.05, 0.1) is 6.10 Å². The Morgan fingerprint density at radius 3 is 2.29 bits per heavy atom. The normalized spacial score (nSPS) is 16.7. The smallest absolute Gasteiger partial charge is 0.0740 e. The lowest BCUT2D eigenvalue weighted by Gasteiger charge is -2.21. The average molecular weight is 188 g/mol. The number of benzene rings is 1. The Morgan fingerprint density at radius 2 is 1.79 bits per heavy atom. The highest BCUT2D eigenvalue weighted by molar-refractivity contribution is 5.20. The third-order valence-corrected chi connectivity index (χ3v) is 2.61. The topological polar surface area (TPSA) is 20.2 Å². The molecule has 14 heavy (non-hydrogen) atoms. The molecular weight excluding hydrogens is 172 g/mol. The molecule has 1 aromatic rings. The minimum absolute atomic E-state index is 0.0854. The molecule has 0 aliphatic heterocycles. The number of aliphatic hydroxyl groups is 1. The van der Waals surface area contributed by atoms with Crippen LogP contribution in [-0.2, 0) is 0 Å². The second-order valence-corrected chi connectivity index (χ2v) is 3.65. The van der Waals surface area contributed by atoms with E-state index in [0.29, 0.717) is 0 Å². The molecule has 1 rings (SSSR count). The molecule has 0 aliphatic rings. The molecule has 1 heteroatoms. The third kappa shape index (κ3) is 2.37. The summed E-state index contributed by atoms with van der Waals surface area (Å²) in [5, 5.41) is 9.90. The molecule has 0 unspecified atom stereocenters.